The zero-order valence-electron chi connectivity index (χ0n) is 15.0. The molecular formula is C19H30N2O3. The van der Waals surface area contributed by atoms with Crippen LogP contribution in [0.5, 0.6) is 0 Å². The third kappa shape index (κ3) is 5.69. The number of furan rings is 1. The molecule has 1 atom stereocenters. The van der Waals surface area contributed by atoms with E-state index >= 15 is 0 Å². The minimum Gasteiger partial charge on any atom is -0.467 e. The molecule has 2 rings (SSSR count). The predicted molar refractivity (Wildman–Crippen MR) is 93.1 cm³/mol. The molecule has 0 unspecified atom stereocenters. The molecule has 1 aliphatic carbocycles. The average Bonchev–Trinajstić information content (AvgIpc) is 3.05. The number of amides is 2. The maximum atomic E-state index is 12.5. The number of carbonyl (C=O) groups excluding carboxylic acids is 2. The Morgan fingerprint density at radius 2 is 1.96 bits per heavy atom. The molecule has 5 nitrogen and oxygen atoms in total. The lowest BCUT2D eigenvalue weighted by Crippen LogP contribution is -2.49. The van der Waals surface area contributed by atoms with E-state index in [1.165, 1.54) is 0 Å². The van der Waals surface area contributed by atoms with E-state index in [4.69, 9.17) is 4.42 Å². The summed E-state index contributed by atoms with van der Waals surface area (Å²) in [4.78, 5) is 25.0. The monoisotopic (exact) mass is 334 g/mol. The van der Waals surface area contributed by atoms with Crippen molar-refractivity contribution >= 4 is 11.8 Å². The van der Waals surface area contributed by atoms with Crippen LogP contribution in [0.3, 0.4) is 0 Å². The van der Waals surface area contributed by atoms with Crippen LogP contribution in [0.15, 0.2) is 22.8 Å². The highest BCUT2D eigenvalue weighted by Crippen LogP contribution is 2.28. The van der Waals surface area contributed by atoms with E-state index in [1.54, 1.807) is 12.3 Å². The van der Waals surface area contributed by atoms with Gasteiger partial charge in [0.15, 0.2) is 0 Å². The standard InChI is InChI=1S/C19H30N2O3/c1-13(2)11-17(19(23)20-12-16-5-4-10-24-16)21-18(22)15-8-6-14(3)7-9-15/h4-5,10,13-15,17H,6-9,11-12H2,1-3H3,(H,20,23)(H,21,22)/t14?,15?,17-/m0/s1. The highest BCUT2D eigenvalue weighted by atomic mass is 16.3. The van der Waals surface area contributed by atoms with Gasteiger partial charge in [-0.2, -0.15) is 0 Å². The number of carbonyl (C=O) groups is 2. The average molecular weight is 334 g/mol. The van der Waals surface area contributed by atoms with Gasteiger partial charge < -0.3 is 15.1 Å². The van der Waals surface area contributed by atoms with Crippen molar-refractivity contribution in [2.45, 2.75) is 65.5 Å². The van der Waals surface area contributed by atoms with E-state index in [1.807, 2.05) is 6.07 Å². The normalized spacial score (nSPS) is 22.2. The first-order valence-electron chi connectivity index (χ1n) is 9.06. The van der Waals surface area contributed by atoms with Gasteiger partial charge in [-0.3, -0.25) is 9.59 Å². The van der Waals surface area contributed by atoms with Crippen LogP contribution in [0.1, 0.15) is 58.6 Å². The molecule has 5 heteroatoms. The lowest BCUT2D eigenvalue weighted by molar-refractivity contribution is -0.132. The van der Waals surface area contributed by atoms with Crippen molar-refractivity contribution in [1.82, 2.24) is 10.6 Å². The van der Waals surface area contributed by atoms with Crippen molar-refractivity contribution in [3.63, 3.8) is 0 Å². The van der Waals surface area contributed by atoms with E-state index in [0.717, 1.165) is 25.7 Å². The third-order valence-electron chi connectivity index (χ3n) is 4.74. The van der Waals surface area contributed by atoms with Crippen molar-refractivity contribution in [2.24, 2.45) is 17.8 Å². The van der Waals surface area contributed by atoms with Gasteiger partial charge >= 0.3 is 0 Å². The first-order chi connectivity index (χ1) is 11.5. The number of nitrogens with one attached hydrogen (secondary N) is 2. The van der Waals surface area contributed by atoms with Gasteiger partial charge in [0.25, 0.3) is 0 Å². The van der Waals surface area contributed by atoms with E-state index in [2.05, 4.69) is 31.4 Å². The van der Waals surface area contributed by atoms with Gasteiger partial charge in [-0.05, 0) is 56.1 Å². The summed E-state index contributed by atoms with van der Waals surface area (Å²) in [6, 6.07) is 3.13. The molecule has 134 valence electrons. The van der Waals surface area contributed by atoms with Gasteiger partial charge in [0.1, 0.15) is 11.8 Å². The van der Waals surface area contributed by atoms with Gasteiger partial charge in [-0.15, -0.1) is 0 Å². The Labute approximate surface area is 144 Å². The molecule has 2 N–H and O–H groups in total. The largest absolute Gasteiger partial charge is 0.467 e. The van der Waals surface area contributed by atoms with Crippen molar-refractivity contribution in [2.75, 3.05) is 0 Å². The molecule has 1 aromatic rings. The third-order valence-corrected chi connectivity index (χ3v) is 4.74. The Morgan fingerprint density at radius 1 is 1.25 bits per heavy atom. The second-order valence-corrected chi connectivity index (χ2v) is 7.44. The lowest BCUT2D eigenvalue weighted by Gasteiger charge is -2.27. The summed E-state index contributed by atoms with van der Waals surface area (Å²) >= 11 is 0. The van der Waals surface area contributed by atoms with Crippen molar-refractivity contribution in [3.05, 3.63) is 24.2 Å². The molecule has 0 aromatic carbocycles. The van der Waals surface area contributed by atoms with Gasteiger partial charge in [0.05, 0.1) is 12.8 Å². The van der Waals surface area contributed by atoms with Gasteiger partial charge in [-0.25, -0.2) is 0 Å². The van der Waals surface area contributed by atoms with Crippen LogP contribution in [0, 0.1) is 17.8 Å². The topological polar surface area (TPSA) is 71.3 Å². The summed E-state index contributed by atoms with van der Waals surface area (Å²) in [5.74, 6) is 1.68. The fraction of sp³-hybridized carbons (Fsp3) is 0.684. The SMILES string of the molecule is CC(C)C[C@H](NC(=O)C1CCC(C)CC1)C(=O)NCc1ccco1. The van der Waals surface area contributed by atoms with Gasteiger partial charge in [0, 0.05) is 5.92 Å². The van der Waals surface area contributed by atoms with Crippen molar-refractivity contribution < 1.29 is 14.0 Å². The van der Waals surface area contributed by atoms with E-state index in [0.29, 0.717) is 30.6 Å². The second-order valence-electron chi connectivity index (χ2n) is 7.44. The molecule has 1 aliphatic rings. The number of hydrogen-bond acceptors (Lipinski definition) is 3. The molecule has 1 saturated carbocycles. The van der Waals surface area contributed by atoms with E-state index in [-0.39, 0.29) is 17.7 Å². The Morgan fingerprint density at radius 3 is 2.54 bits per heavy atom. The van der Waals surface area contributed by atoms with Crippen LogP contribution in [0.2, 0.25) is 0 Å². The van der Waals surface area contributed by atoms with Crippen LogP contribution in [-0.2, 0) is 16.1 Å². The van der Waals surface area contributed by atoms with Crippen LogP contribution >= 0.6 is 0 Å². The second kappa shape index (κ2) is 8.90. The van der Waals surface area contributed by atoms with Crippen molar-refractivity contribution in [3.8, 4) is 0 Å². The number of hydrogen-bond donors (Lipinski definition) is 2. The molecule has 0 spiro atoms. The van der Waals surface area contributed by atoms with Crippen LogP contribution in [0.25, 0.3) is 0 Å². The molecule has 0 radical (unpaired) electrons. The summed E-state index contributed by atoms with van der Waals surface area (Å²) in [5.41, 5.74) is 0. The molecule has 1 heterocycles. The Hall–Kier alpha value is -1.78. The van der Waals surface area contributed by atoms with Gasteiger partial charge in [-0.1, -0.05) is 20.8 Å². The fourth-order valence-electron chi connectivity index (χ4n) is 3.23. The lowest BCUT2D eigenvalue weighted by atomic mass is 9.82. The molecule has 1 aromatic heterocycles. The summed E-state index contributed by atoms with van der Waals surface area (Å²) in [7, 11) is 0. The van der Waals surface area contributed by atoms with Crippen LogP contribution in [0.4, 0.5) is 0 Å². The van der Waals surface area contributed by atoms with Crippen LogP contribution < -0.4 is 10.6 Å². The first kappa shape index (κ1) is 18.6. The summed E-state index contributed by atoms with van der Waals surface area (Å²) in [6.07, 6.45) is 6.26. The minimum atomic E-state index is -0.480. The molecule has 24 heavy (non-hydrogen) atoms. The van der Waals surface area contributed by atoms with Crippen LogP contribution in [-0.4, -0.2) is 17.9 Å². The van der Waals surface area contributed by atoms with Crippen molar-refractivity contribution in [1.29, 1.82) is 0 Å². The summed E-state index contributed by atoms with van der Waals surface area (Å²) in [6.45, 7) is 6.69. The minimum absolute atomic E-state index is 0.0284. The van der Waals surface area contributed by atoms with E-state index < -0.39 is 6.04 Å². The van der Waals surface area contributed by atoms with Gasteiger partial charge in [0.2, 0.25) is 11.8 Å². The molecule has 1 fully saturated rings. The molecule has 0 aliphatic heterocycles. The summed E-state index contributed by atoms with van der Waals surface area (Å²) < 4.78 is 5.23. The Bertz CT molecular complexity index is 517. The molecular weight excluding hydrogens is 304 g/mol. The molecule has 0 saturated heterocycles. The Balaban J connectivity index is 1.89. The quantitative estimate of drug-likeness (QED) is 0.804. The zero-order valence-corrected chi connectivity index (χ0v) is 15.0. The maximum absolute atomic E-state index is 12.5. The highest BCUT2D eigenvalue weighted by molar-refractivity contribution is 5.88. The predicted octanol–water partition coefficient (Wildman–Crippen LogP) is 3.25. The zero-order chi connectivity index (χ0) is 17.5. The maximum Gasteiger partial charge on any atom is 0.242 e. The Kier molecular flexibility index (Phi) is 6.88. The first-order valence-corrected chi connectivity index (χ1v) is 9.06. The molecule has 0 bridgehead atoms. The fourth-order valence-corrected chi connectivity index (χ4v) is 3.23. The smallest absolute Gasteiger partial charge is 0.242 e. The highest BCUT2D eigenvalue weighted by Gasteiger charge is 2.28. The van der Waals surface area contributed by atoms with E-state index in [9.17, 15) is 9.59 Å². The molecule has 2 amide bonds. The summed E-state index contributed by atoms with van der Waals surface area (Å²) in [5, 5.41) is 5.84. The number of rotatable bonds is 7.